The van der Waals surface area contributed by atoms with Crippen LogP contribution in [0.5, 0.6) is 0 Å². The lowest BCUT2D eigenvalue weighted by molar-refractivity contribution is -0.161. The van der Waals surface area contributed by atoms with Crippen molar-refractivity contribution in [3.8, 4) is 0 Å². The van der Waals surface area contributed by atoms with Crippen LogP contribution in [0.15, 0.2) is 12.2 Å². The van der Waals surface area contributed by atoms with Gasteiger partial charge in [-0.3, -0.25) is 18.6 Å². The number of esters is 2. The van der Waals surface area contributed by atoms with E-state index in [9.17, 15) is 19.0 Å². The third-order valence-electron chi connectivity index (χ3n) is 10.2. The minimum absolute atomic E-state index is 0.0552. The number of phosphoric ester groups is 1. The number of unbranched alkanes of at least 4 members (excludes halogenated alkanes) is 29. The summed E-state index contributed by atoms with van der Waals surface area (Å²) in [4.78, 5) is 34.9. The molecule has 0 fully saturated rings. The summed E-state index contributed by atoms with van der Waals surface area (Å²) in [5, 5.41) is 0. The monoisotopic (exact) mass is 802 g/mol. The van der Waals surface area contributed by atoms with Crippen molar-refractivity contribution in [3.63, 3.8) is 0 Å². The van der Waals surface area contributed by atoms with Gasteiger partial charge in [0.2, 0.25) is 0 Å². The molecule has 0 aliphatic carbocycles. The SMILES string of the molecule is CCCCCC/C=C\CCCCCCCC(=O)OC[C@H](COP(=O)(O)OCCN)OC(=O)CCCCCCCCCCCCCCCCCCCCCCC. The van der Waals surface area contributed by atoms with Crippen LogP contribution in [0.25, 0.3) is 0 Å². The van der Waals surface area contributed by atoms with Crippen LogP contribution >= 0.6 is 7.82 Å². The van der Waals surface area contributed by atoms with Crippen LogP contribution < -0.4 is 5.73 Å². The minimum Gasteiger partial charge on any atom is -0.462 e. The summed E-state index contributed by atoms with van der Waals surface area (Å²) in [5.41, 5.74) is 5.35. The molecule has 0 amide bonds. The van der Waals surface area contributed by atoms with Gasteiger partial charge in [0.1, 0.15) is 6.61 Å². The lowest BCUT2D eigenvalue weighted by Crippen LogP contribution is -2.29. The summed E-state index contributed by atoms with van der Waals surface area (Å²) >= 11 is 0. The number of ether oxygens (including phenoxy) is 2. The van der Waals surface area contributed by atoms with Gasteiger partial charge >= 0.3 is 19.8 Å². The number of nitrogens with two attached hydrogens (primary N) is 1. The number of phosphoric acid groups is 1. The van der Waals surface area contributed by atoms with Gasteiger partial charge in [0.25, 0.3) is 0 Å². The third-order valence-corrected chi connectivity index (χ3v) is 11.1. The number of allylic oxidation sites excluding steroid dienone is 2. The van der Waals surface area contributed by atoms with Crippen LogP contribution in [0.1, 0.15) is 232 Å². The molecule has 55 heavy (non-hydrogen) atoms. The van der Waals surface area contributed by atoms with Crippen molar-refractivity contribution in [1.82, 2.24) is 0 Å². The lowest BCUT2D eigenvalue weighted by Gasteiger charge is -2.19. The largest absolute Gasteiger partial charge is 0.472 e. The minimum atomic E-state index is -4.37. The number of hydrogen-bond donors (Lipinski definition) is 2. The highest BCUT2D eigenvalue weighted by atomic mass is 31.2. The topological polar surface area (TPSA) is 134 Å². The van der Waals surface area contributed by atoms with Gasteiger partial charge in [-0.25, -0.2) is 4.57 Å². The maximum atomic E-state index is 12.6. The number of carbonyl (C=O) groups excluding carboxylic acids is 2. The average molecular weight is 802 g/mol. The zero-order valence-electron chi connectivity index (χ0n) is 35.9. The van der Waals surface area contributed by atoms with Gasteiger partial charge in [0.15, 0.2) is 6.10 Å². The summed E-state index contributed by atoms with van der Waals surface area (Å²) in [7, 11) is -4.37. The summed E-state index contributed by atoms with van der Waals surface area (Å²) in [6.45, 7) is 3.74. The average Bonchev–Trinajstić information content (AvgIpc) is 3.17. The standard InChI is InChI=1S/C45H88NO8P/c1-3-5-7-9-11-13-15-17-18-19-20-21-22-23-24-26-28-30-32-34-36-38-45(48)54-43(42-53-55(49,50)52-40-39-46)41-51-44(47)37-35-33-31-29-27-25-16-14-12-10-8-6-4-2/h14,16,43H,3-13,15,17-42,46H2,1-2H3,(H,49,50)/b16-14-/t43-/m1/s1. The smallest absolute Gasteiger partial charge is 0.462 e. The highest BCUT2D eigenvalue weighted by Crippen LogP contribution is 2.43. The summed E-state index contributed by atoms with van der Waals surface area (Å²) in [5.74, 6) is -0.826. The molecule has 0 rings (SSSR count). The Kier molecular flexibility index (Phi) is 41.4. The van der Waals surface area contributed by atoms with E-state index >= 15 is 0 Å². The van der Waals surface area contributed by atoms with E-state index in [0.29, 0.717) is 6.42 Å². The van der Waals surface area contributed by atoms with Crippen LogP contribution in [0.4, 0.5) is 0 Å². The molecule has 1 unspecified atom stereocenters. The van der Waals surface area contributed by atoms with Gasteiger partial charge in [0.05, 0.1) is 13.2 Å². The lowest BCUT2D eigenvalue weighted by atomic mass is 10.0. The molecule has 10 heteroatoms. The molecule has 0 saturated carbocycles. The molecule has 0 radical (unpaired) electrons. The molecule has 0 aromatic heterocycles. The number of hydrogen-bond acceptors (Lipinski definition) is 8. The quantitative estimate of drug-likeness (QED) is 0.0267. The molecule has 3 N–H and O–H groups in total. The highest BCUT2D eigenvalue weighted by Gasteiger charge is 2.26. The van der Waals surface area contributed by atoms with Crippen LogP contribution in [-0.2, 0) is 32.7 Å². The van der Waals surface area contributed by atoms with E-state index in [0.717, 1.165) is 51.4 Å². The van der Waals surface area contributed by atoms with E-state index in [1.165, 1.54) is 148 Å². The van der Waals surface area contributed by atoms with E-state index in [1.54, 1.807) is 0 Å². The maximum Gasteiger partial charge on any atom is 0.472 e. The Labute approximate surface area is 339 Å². The van der Waals surface area contributed by atoms with E-state index in [2.05, 4.69) is 26.0 Å². The zero-order chi connectivity index (χ0) is 40.3. The molecule has 326 valence electrons. The Balaban J connectivity index is 4.04. The number of carbonyl (C=O) groups is 2. The summed E-state index contributed by atoms with van der Waals surface area (Å²) < 4.78 is 32.8. The first-order valence-corrected chi connectivity index (χ1v) is 24.7. The Morgan fingerprint density at radius 1 is 0.527 bits per heavy atom. The van der Waals surface area contributed by atoms with Gasteiger partial charge in [-0.2, -0.15) is 0 Å². The van der Waals surface area contributed by atoms with Crippen LogP contribution in [0.2, 0.25) is 0 Å². The molecule has 0 spiro atoms. The molecular weight excluding hydrogens is 713 g/mol. The van der Waals surface area contributed by atoms with E-state index in [1.807, 2.05) is 0 Å². The Morgan fingerprint density at radius 2 is 0.891 bits per heavy atom. The molecule has 0 heterocycles. The maximum absolute atomic E-state index is 12.6. The molecule has 0 aromatic carbocycles. The number of rotatable bonds is 44. The van der Waals surface area contributed by atoms with Crippen LogP contribution in [0.3, 0.4) is 0 Å². The second-order valence-corrected chi connectivity index (χ2v) is 17.1. The molecular formula is C45H88NO8P. The molecule has 0 saturated heterocycles. The molecule has 0 aliphatic heterocycles. The van der Waals surface area contributed by atoms with Crippen molar-refractivity contribution in [3.05, 3.63) is 12.2 Å². The Bertz CT molecular complexity index is 917. The van der Waals surface area contributed by atoms with Crippen molar-refractivity contribution < 1.29 is 37.6 Å². The fraction of sp³-hybridized carbons (Fsp3) is 0.911. The van der Waals surface area contributed by atoms with Gasteiger partial charge < -0.3 is 20.1 Å². The first-order valence-electron chi connectivity index (χ1n) is 23.2. The van der Waals surface area contributed by atoms with Crippen molar-refractivity contribution in [1.29, 1.82) is 0 Å². The van der Waals surface area contributed by atoms with Crippen molar-refractivity contribution in [2.75, 3.05) is 26.4 Å². The Hall–Kier alpha value is -1.25. The Morgan fingerprint density at radius 3 is 1.31 bits per heavy atom. The predicted molar refractivity (Wildman–Crippen MR) is 229 cm³/mol. The van der Waals surface area contributed by atoms with Gasteiger partial charge in [-0.05, 0) is 38.5 Å². The molecule has 0 aliphatic rings. The van der Waals surface area contributed by atoms with Crippen molar-refractivity contribution >= 4 is 19.8 Å². The van der Waals surface area contributed by atoms with Gasteiger partial charge in [-0.15, -0.1) is 0 Å². The highest BCUT2D eigenvalue weighted by molar-refractivity contribution is 7.47. The second kappa shape index (κ2) is 42.4. The fourth-order valence-electron chi connectivity index (χ4n) is 6.69. The third kappa shape index (κ3) is 42.2. The summed E-state index contributed by atoms with van der Waals surface area (Å²) in [6.07, 6.45) is 43.9. The van der Waals surface area contributed by atoms with E-state index in [4.69, 9.17) is 24.3 Å². The normalized spacial score (nSPS) is 13.3. The van der Waals surface area contributed by atoms with E-state index < -0.39 is 26.5 Å². The van der Waals surface area contributed by atoms with Gasteiger partial charge in [0, 0.05) is 19.4 Å². The molecule has 2 atom stereocenters. The van der Waals surface area contributed by atoms with Crippen molar-refractivity contribution in [2.24, 2.45) is 5.73 Å². The van der Waals surface area contributed by atoms with Crippen LogP contribution in [0, 0.1) is 0 Å². The van der Waals surface area contributed by atoms with E-state index in [-0.39, 0.29) is 38.6 Å². The molecule has 9 nitrogen and oxygen atoms in total. The molecule has 0 bridgehead atoms. The van der Waals surface area contributed by atoms with Crippen LogP contribution in [-0.4, -0.2) is 49.3 Å². The predicted octanol–water partition coefficient (Wildman–Crippen LogP) is 13.4. The molecule has 0 aromatic rings. The first-order chi connectivity index (χ1) is 26.8. The van der Waals surface area contributed by atoms with Gasteiger partial charge in [-0.1, -0.05) is 193 Å². The summed E-state index contributed by atoms with van der Waals surface area (Å²) in [6, 6.07) is 0. The second-order valence-electron chi connectivity index (χ2n) is 15.6. The zero-order valence-corrected chi connectivity index (χ0v) is 36.8. The first kappa shape index (κ1) is 53.8. The fourth-order valence-corrected chi connectivity index (χ4v) is 7.45. The van der Waals surface area contributed by atoms with Crippen molar-refractivity contribution in [2.45, 2.75) is 238 Å².